The highest BCUT2D eigenvalue weighted by Crippen LogP contribution is 2.02. The van der Waals surface area contributed by atoms with Crippen molar-refractivity contribution in [2.24, 2.45) is 0 Å². The van der Waals surface area contributed by atoms with Crippen molar-refractivity contribution in [2.75, 3.05) is 7.11 Å². The number of carbonyl (C=O) groups is 1. The van der Waals surface area contributed by atoms with Crippen LogP contribution in [0.4, 0.5) is 0 Å². The lowest BCUT2D eigenvalue weighted by Gasteiger charge is -1.99. The van der Waals surface area contributed by atoms with Crippen molar-refractivity contribution in [1.82, 2.24) is 14.8 Å². The van der Waals surface area contributed by atoms with Gasteiger partial charge in [-0.05, 0) is 18.2 Å². The summed E-state index contributed by atoms with van der Waals surface area (Å²) in [5.74, 6) is -0.302. The van der Waals surface area contributed by atoms with Crippen molar-refractivity contribution in [3.05, 3.63) is 30.1 Å². The molecule has 0 N–H and O–H groups in total. The van der Waals surface area contributed by atoms with E-state index in [4.69, 9.17) is 0 Å². The summed E-state index contributed by atoms with van der Waals surface area (Å²) < 4.78 is 6.02. The van der Waals surface area contributed by atoms with Gasteiger partial charge in [0.25, 0.3) is 0 Å². The molecule has 0 aromatic carbocycles. The van der Waals surface area contributed by atoms with Crippen LogP contribution in [-0.4, -0.2) is 27.9 Å². The first-order valence-electron chi connectivity index (χ1n) is 4.16. The van der Waals surface area contributed by atoms with Crippen LogP contribution in [0.5, 0.6) is 0 Å². The molecule has 0 amide bonds. The highest BCUT2D eigenvalue weighted by molar-refractivity contribution is 5.71. The van der Waals surface area contributed by atoms with Gasteiger partial charge in [0.15, 0.2) is 0 Å². The standard InChI is InChI=1S/C9H9N3O2/c1-14-9(13)6-7-2-3-8-4-5-10-12(8)11-7/h2-5H,6H2,1H3. The molecule has 0 saturated carbocycles. The molecule has 14 heavy (non-hydrogen) atoms. The minimum absolute atomic E-state index is 0.173. The van der Waals surface area contributed by atoms with E-state index in [1.54, 1.807) is 12.3 Å². The summed E-state index contributed by atoms with van der Waals surface area (Å²) in [7, 11) is 1.36. The van der Waals surface area contributed by atoms with Crippen molar-refractivity contribution in [3.8, 4) is 0 Å². The molecule has 0 unspecified atom stereocenters. The van der Waals surface area contributed by atoms with E-state index in [2.05, 4.69) is 14.9 Å². The normalized spacial score (nSPS) is 10.4. The maximum atomic E-state index is 11.0. The number of nitrogens with zero attached hydrogens (tertiary/aromatic N) is 3. The Balaban J connectivity index is 2.30. The second-order valence-electron chi connectivity index (χ2n) is 2.82. The number of hydrogen-bond donors (Lipinski definition) is 0. The molecule has 0 fully saturated rings. The van der Waals surface area contributed by atoms with E-state index in [1.165, 1.54) is 11.7 Å². The molecule has 5 heteroatoms. The number of carbonyl (C=O) groups excluding carboxylic acids is 1. The molecule has 0 spiro atoms. The lowest BCUT2D eigenvalue weighted by atomic mass is 10.3. The molecule has 0 saturated heterocycles. The van der Waals surface area contributed by atoms with Gasteiger partial charge in [0.2, 0.25) is 0 Å². The minimum atomic E-state index is -0.302. The molecule has 72 valence electrons. The first-order chi connectivity index (χ1) is 6.79. The van der Waals surface area contributed by atoms with Gasteiger partial charge in [-0.1, -0.05) is 0 Å². The molecule has 0 aliphatic heterocycles. The molecule has 0 radical (unpaired) electrons. The van der Waals surface area contributed by atoms with E-state index in [9.17, 15) is 4.79 Å². The summed E-state index contributed by atoms with van der Waals surface area (Å²) in [5.41, 5.74) is 1.55. The number of fused-ring (bicyclic) bond motifs is 1. The van der Waals surface area contributed by atoms with Crippen LogP contribution in [0.3, 0.4) is 0 Å². The quantitative estimate of drug-likeness (QED) is 0.646. The van der Waals surface area contributed by atoms with Crippen molar-refractivity contribution < 1.29 is 9.53 Å². The zero-order valence-corrected chi connectivity index (χ0v) is 7.67. The van der Waals surface area contributed by atoms with Crippen LogP contribution >= 0.6 is 0 Å². The van der Waals surface area contributed by atoms with Crippen LogP contribution in [0.1, 0.15) is 5.69 Å². The monoisotopic (exact) mass is 191 g/mol. The summed E-state index contributed by atoms with van der Waals surface area (Å²) in [6, 6.07) is 5.49. The molecule has 0 aliphatic rings. The molecule has 0 atom stereocenters. The van der Waals surface area contributed by atoms with Gasteiger partial charge in [-0.25, -0.2) is 0 Å². The zero-order chi connectivity index (χ0) is 9.97. The third-order valence-corrected chi connectivity index (χ3v) is 1.88. The van der Waals surface area contributed by atoms with E-state index < -0.39 is 0 Å². The number of ether oxygens (including phenoxy) is 1. The second kappa shape index (κ2) is 3.45. The Bertz CT molecular complexity index is 464. The number of esters is 1. The van der Waals surface area contributed by atoms with Gasteiger partial charge in [-0.15, -0.1) is 0 Å². The molecule has 2 aromatic rings. The van der Waals surface area contributed by atoms with E-state index in [0.29, 0.717) is 5.69 Å². The largest absolute Gasteiger partial charge is 0.469 e. The van der Waals surface area contributed by atoms with Crippen molar-refractivity contribution >= 4 is 11.5 Å². The Labute approximate surface area is 80.3 Å². The predicted molar refractivity (Wildman–Crippen MR) is 48.7 cm³/mol. The summed E-state index contributed by atoms with van der Waals surface area (Å²) in [5, 5.41) is 8.09. The smallest absolute Gasteiger partial charge is 0.311 e. The maximum absolute atomic E-state index is 11.0. The lowest BCUT2D eigenvalue weighted by Crippen LogP contribution is -2.08. The number of rotatable bonds is 2. The molecule has 2 aromatic heterocycles. The Hall–Kier alpha value is -1.91. The Morgan fingerprint density at radius 3 is 3.14 bits per heavy atom. The van der Waals surface area contributed by atoms with E-state index >= 15 is 0 Å². The third-order valence-electron chi connectivity index (χ3n) is 1.88. The van der Waals surface area contributed by atoms with Crippen molar-refractivity contribution in [3.63, 3.8) is 0 Å². The van der Waals surface area contributed by atoms with Crippen LogP contribution in [0.15, 0.2) is 24.4 Å². The van der Waals surface area contributed by atoms with E-state index in [0.717, 1.165) is 5.52 Å². The van der Waals surface area contributed by atoms with Crippen molar-refractivity contribution in [2.45, 2.75) is 6.42 Å². The second-order valence-corrected chi connectivity index (χ2v) is 2.82. The van der Waals surface area contributed by atoms with Gasteiger partial charge in [0.1, 0.15) is 0 Å². The van der Waals surface area contributed by atoms with Gasteiger partial charge >= 0.3 is 5.97 Å². The third kappa shape index (κ3) is 1.56. The molecule has 0 aliphatic carbocycles. The van der Waals surface area contributed by atoms with Crippen LogP contribution < -0.4 is 0 Å². The number of aromatic nitrogens is 3. The number of hydrogen-bond acceptors (Lipinski definition) is 4. The Morgan fingerprint density at radius 2 is 2.36 bits per heavy atom. The van der Waals surface area contributed by atoms with Crippen molar-refractivity contribution in [1.29, 1.82) is 0 Å². The maximum Gasteiger partial charge on any atom is 0.311 e. The van der Waals surface area contributed by atoms with Crippen LogP contribution in [0, 0.1) is 0 Å². The molecule has 2 rings (SSSR count). The van der Waals surface area contributed by atoms with E-state index in [1.807, 2.05) is 12.1 Å². The van der Waals surface area contributed by atoms with Crippen LogP contribution in [0.25, 0.3) is 5.52 Å². The summed E-state index contributed by atoms with van der Waals surface area (Å²) in [6.07, 6.45) is 1.83. The lowest BCUT2D eigenvalue weighted by molar-refractivity contribution is -0.139. The summed E-state index contributed by atoms with van der Waals surface area (Å²) >= 11 is 0. The highest BCUT2D eigenvalue weighted by Gasteiger charge is 2.05. The summed E-state index contributed by atoms with van der Waals surface area (Å²) in [4.78, 5) is 11.0. The van der Waals surface area contributed by atoms with Gasteiger partial charge in [-0.2, -0.15) is 14.8 Å². The minimum Gasteiger partial charge on any atom is -0.469 e. The van der Waals surface area contributed by atoms with Gasteiger partial charge in [-0.3, -0.25) is 4.79 Å². The predicted octanol–water partition coefficient (Wildman–Crippen LogP) is 0.445. The molecule has 5 nitrogen and oxygen atoms in total. The summed E-state index contributed by atoms with van der Waals surface area (Å²) in [6.45, 7) is 0. The average molecular weight is 191 g/mol. The molecule has 2 heterocycles. The van der Waals surface area contributed by atoms with Gasteiger partial charge in [0.05, 0.1) is 30.9 Å². The fourth-order valence-corrected chi connectivity index (χ4v) is 1.16. The zero-order valence-electron chi connectivity index (χ0n) is 7.67. The van der Waals surface area contributed by atoms with E-state index in [-0.39, 0.29) is 12.4 Å². The Morgan fingerprint density at radius 1 is 1.50 bits per heavy atom. The molecular formula is C9H9N3O2. The van der Waals surface area contributed by atoms with Gasteiger partial charge in [0, 0.05) is 0 Å². The van der Waals surface area contributed by atoms with Crippen LogP contribution in [0.2, 0.25) is 0 Å². The fourth-order valence-electron chi connectivity index (χ4n) is 1.16. The topological polar surface area (TPSA) is 56.5 Å². The fraction of sp³-hybridized carbons (Fsp3) is 0.222. The Kier molecular flexibility index (Phi) is 2.14. The molecule has 0 bridgehead atoms. The SMILES string of the molecule is COC(=O)Cc1ccc2ccnn2n1. The number of methoxy groups -OCH3 is 1. The van der Waals surface area contributed by atoms with Gasteiger partial charge < -0.3 is 4.74 Å². The first-order valence-corrected chi connectivity index (χ1v) is 4.16. The highest BCUT2D eigenvalue weighted by atomic mass is 16.5. The molecular weight excluding hydrogens is 182 g/mol. The van der Waals surface area contributed by atoms with Crippen LogP contribution in [-0.2, 0) is 16.0 Å². The first kappa shape index (κ1) is 8.68. The average Bonchev–Trinajstić information content (AvgIpc) is 2.64.